The molecule has 2 rings (SSSR count). The molecule has 2 aromatic rings. The van der Waals surface area contributed by atoms with Gasteiger partial charge >= 0.3 is 6.18 Å². The molecule has 5 nitrogen and oxygen atoms in total. The molecule has 0 saturated carbocycles. The molecule has 1 unspecified atom stereocenters. The molecule has 0 fully saturated rings. The van der Waals surface area contributed by atoms with Crippen molar-refractivity contribution in [3.05, 3.63) is 59.4 Å². The van der Waals surface area contributed by atoms with Gasteiger partial charge in [-0.3, -0.25) is 4.98 Å². The third kappa shape index (κ3) is 3.81. The minimum atomic E-state index is -5.19. The second kappa shape index (κ2) is 6.97. The lowest BCUT2D eigenvalue weighted by Gasteiger charge is -2.29. The minimum Gasteiger partial charge on any atom is -0.262 e. The van der Waals surface area contributed by atoms with Gasteiger partial charge in [0.25, 0.3) is 0 Å². The molecule has 1 aromatic carbocycles. The maximum atomic E-state index is 13.9. The first kappa shape index (κ1) is 19.7. The van der Waals surface area contributed by atoms with E-state index >= 15 is 0 Å². The van der Waals surface area contributed by atoms with Crippen LogP contribution >= 0.6 is 0 Å². The number of halogens is 5. The largest absolute Gasteiger partial charge is 0.409 e. The molecular weight excluding hydrogens is 381 g/mol. The second-order valence-electron chi connectivity index (χ2n) is 5.15. The molecule has 0 bridgehead atoms. The standard InChI is InChI=1S/C15H10F5N3O2S/c1-23(26(24,25)11-4-9(6-21)7-22-8-11)14(15(18,19)20)12-3-2-10(16)5-13(12)17/h2-5,7-8,14H,1H3. The number of hydrogen-bond acceptors (Lipinski definition) is 4. The zero-order valence-corrected chi connectivity index (χ0v) is 13.8. The van der Waals surface area contributed by atoms with Crippen molar-refractivity contribution in [1.82, 2.24) is 9.29 Å². The summed E-state index contributed by atoms with van der Waals surface area (Å²) in [7, 11) is -4.18. The number of nitrogens with zero attached hydrogens (tertiary/aromatic N) is 3. The van der Waals surface area contributed by atoms with E-state index in [1.54, 1.807) is 6.07 Å². The summed E-state index contributed by atoms with van der Waals surface area (Å²) in [5, 5.41) is 8.78. The molecule has 1 atom stereocenters. The van der Waals surface area contributed by atoms with Crippen LogP contribution < -0.4 is 0 Å². The van der Waals surface area contributed by atoms with Crippen LogP contribution in [0.3, 0.4) is 0 Å². The van der Waals surface area contributed by atoms with Crippen molar-refractivity contribution in [1.29, 1.82) is 5.26 Å². The average molecular weight is 391 g/mol. The Bertz CT molecular complexity index is 970. The number of aromatic nitrogens is 1. The molecule has 0 spiro atoms. The topological polar surface area (TPSA) is 74.1 Å². The van der Waals surface area contributed by atoms with Crippen molar-refractivity contribution in [3.8, 4) is 6.07 Å². The molecule has 11 heteroatoms. The summed E-state index contributed by atoms with van der Waals surface area (Å²) >= 11 is 0. The molecule has 1 aromatic heterocycles. The van der Waals surface area contributed by atoms with Crippen LogP contribution in [-0.2, 0) is 10.0 Å². The number of hydrogen-bond donors (Lipinski definition) is 0. The van der Waals surface area contributed by atoms with Gasteiger partial charge in [0.15, 0.2) is 0 Å². The van der Waals surface area contributed by atoms with Crippen LogP contribution in [0.4, 0.5) is 22.0 Å². The summed E-state index contributed by atoms with van der Waals surface area (Å²) in [6.45, 7) is 0. The first-order valence-corrected chi connectivity index (χ1v) is 8.27. The Morgan fingerprint density at radius 3 is 2.38 bits per heavy atom. The van der Waals surface area contributed by atoms with Crippen LogP contribution in [0, 0.1) is 23.0 Å². The Labute approximate surface area is 145 Å². The van der Waals surface area contributed by atoms with Gasteiger partial charge < -0.3 is 0 Å². The van der Waals surface area contributed by atoms with Crippen molar-refractivity contribution >= 4 is 10.0 Å². The van der Waals surface area contributed by atoms with Crippen molar-refractivity contribution in [2.24, 2.45) is 0 Å². The number of benzene rings is 1. The number of sulfonamides is 1. The highest BCUT2D eigenvalue weighted by Crippen LogP contribution is 2.40. The summed E-state index contributed by atoms with van der Waals surface area (Å²) in [4.78, 5) is 2.82. The van der Waals surface area contributed by atoms with E-state index in [-0.39, 0.29) is 15.9 Å². The molecule has 0 N–H and O–H groups in total. The number of pyridine rings is 1. The van der Waals surface area contributed by atoms with Crippen molar-refractivity contribution in [2.75, 3.05) is 7.05 Å². The zero-order chi connectivity index (χ0) is 19.7. The van der Waals surface area contributed by atoms with Crippen molar-refractivity contribution in [2.45, 2.75) is 17.1 Å². The normalized spacial score (nSPS) is 13.5. The summed E-state index contributed by atoms with van der Waals surface area (Å²) in [5.41, 5.74) is -1.25. The molecule has 0 radical (unpaired) electrons. The quantitative estimate of drug-likeness (QED) is 0.751. The summed E-state index contributed by atoms with van der Waals surface area (Å²) in [5.74, 6) is -2.65. The third-order valence-corrected chi connectivity index (χ3v) is 5.24. The summed E-state index contributed by atoms with van der Waals surface area (Å²) in [6.07, 6.45) is -3.40. The molecule has 0 amide bonds. The van der Waals surface area contributed by atoms with Crippen molar-refractivity contribution < 1.29 is 30.4 Å². The zero-order valence-electron chi connectivity index (χ0n) is 13.0. The molecule has 0 aliphatic heterocycles. The Kier molecular flexibility index (Phi) is 5.29. The van der Waals surface area contributed by atoms with E-state index in [9.17, 15) is 30.4 Å². The van der Waals surface area contributed by atoms with Gasteiger partial charge in [-0.1, -0.05) is 6.07 Å². The van der Waals surface area contributed by atoms with Crippen LogP contribution in [0.15, 0.2) is 41.6 Å². The smallest absolute Gasteiger partial charge is 0.262 e. The van der Waals surface area contributed by atoms with E-state index in [1.807, 2.05) is 0 Å². The maximum Gasteiger partial charge on any atom is 0.409 e. The first-order chi connectivity index (χ1) is 12.0. The summed E-state index contributed by atoms with van der Waals surface area (Å²) < 4.78 is 92.3. The van der Waals surface area contributed by atoms with Crippen LogP contribution in [0.5, 0.6) is 0 Å². The second-order valence-corrected chi connectivity index (χ2v) is 7.15. The van der Waals surface area contributed by atoms with Gasteiger partial charge in [-0.15, -0.1) is 0 Å². The lowest BCUT2D eigenvalue weighted by Crippen LogP contribution is -2.40. The molecule has 0 saturated heterocycles. The number of nitriles is 1. The van der Waals surface area contributed by atoms with Crippen LogP contribution in [-0.4, -0.2) is 30.9 Å². The molecule has 1 heterocycles. The van der Waals surface area contributed by atoms with E-state index in [2.05, 4.69) is 4.98 Å². The predicted molar refractivity (Wildman–Crippen MR) is 79.1 cm³/mol. The van der Waals surface area contributed by atoms with Gasteiger partial charge in [0.1, 0.15) is 28.6 Å². The van der Waals surface area contributed by atoms with Crippen molar-refractivity contribution in [3.63, 3.8) is 0 Å². The molecule has 26 heavy (non-hydrogen) atoms. The maximum absolute atomic E-state index is 13.9. The molecular formula is C15H10F5N3O2S. The fourth-order valence-electron chi connectivity index (χ4n) is 2.23. The third-order valence-electron chi connectivity index (χ3n) is 3.45. The Morgan fingerprint density at radius 1 is 1.19 bits per heavy atom. The van der Waals surface area contributed by atoms with Crippen LogP contribution in [0.2, 0.25) is 0 Å². The molecule has 0 aliphatic rings. The Morgan fingerprint density at radius 2 is 1.85 bits per heavy atom. The van der Waals surface area contributed by atoms with Crippen LogP contribution in [0.1, 0.15) is 17.2 Å². The fraction of sp³-hybridized carbons (Fsp3) is 0.200. The minimum absolute atomic E-state index is 0.0957. The fourth-order valence-corrected chi connectivity index (χ4v) is 3.54. The highest BCUT2D eigenvalue weighted by molar-refractivity contribution is 7.89. The van der Waals surface area contributed by atoms with Gasteiger partial charge in [0.05, 0.1) is 5.56 Å². The molecule has 138 valence electrons. The van der Waals surface area contributed by atoms with Gasteiger partial charge in [0.2, 0.25) is 10.0 Å². The Balaban J connectivity index is 2.60. The van der Waals surface area contributed by atoms with E-state index < -0.39 is 44.3 Å². The number of alkyl halides is 3. The van der Waals surface area contributed by atoms with Gasteiger partial charge in [-0.2, -0.15) is 22.7 Å². The monoisotopic (exact) mass is 391 g/mol. The van der Waals surface area contributed by atoms with Gasteiger partial charge in [-0.05, 0) is 12.1 Å². The lowest BCUT2D eigenvalue weighted by molar-refractivity contribution is -0.171. The SMILES string of the molecule is CN(C(c1ccc(F)cc1F)C(F)(F)F)S(=O)(=O)c1cncc(C#N)c1. The lowest BCUT2D eigenvalue weighted by atomic mass is 10.1. The first-order valence-electron chi connectivity index (χ1n) is 6.83. The van der Waals surface area contributed by atoms with E-state index in [4.69, 9.17) is 5.26 Å². The van der Waals surface area contributed by atoms with Gasteiger partial charge in [-0.25, -0.2) is 17.2 Å². The highest BCUT2D eigenvalue weighted by atomic mass is 32.2. The van der Waals surface area contributed by atoms with E-state index in [0.717, 1.165) is 18.5 Å². The van der Waals surface area contributed by atoms with Gasteiger partial charge in [0, 0.05) is 31.1 Å². The average Bonchev–Trinajstić information content (AvgIpc) is 2.55. The van der Waals surface area contributed by atoms with E-state index in [1.165, 1.54) is 0 Å². The highest BCUT2D eigenvalue weighted by Gasteiger charge is 2.49. The summed E-state index contributed by atoms with van der Waals surface area (Å²) in [6, 6.07) is 0.900. The number of rotatable bonds is 4. The van der Waals surface area contributed by atoms with Crippen LogP contribution in [0.25, 0.3) is 0 Å². The predicted octanol–water partition coefficient (Wildman–Crippen LogP) is 3.16. The Hall–Kier alpha value is -2.58. The molecule has 0 aliphatic carbocycles. The van der Waals surface area contributed by atoms with E-state index in [0.29, 0.717) is 19.2 Å².